The summed E-state index contributed by atoms with van der Waals surface area (Å²) in [6.45, 7) is 3.80. The van der Waals surface area contributed by atoms with Gasteiger partial charge in [-0.05, 0) is 30.0 Å². The Morgan fingerprint density at radius 3 is 2.44 bits per heavy atom. The highest BCUT2D eigenvalue weighted by molar-refractivity contribution is 8.13. The van der Waals surface area contributed by atoms with Gasteiger partial charge in [0.15, 0.2) is 5.12 Å². The second-order valence-corrected chi connectivity index (χ2v) is 7.03. The number of rotatable bonds is 7. The number of alkyl carbamates (subject to hydrolysis) is 1. The normalized spacial score (nSPS) is 11.6. The predicted octanol–water partition coefficient (Wildman–Crippen LogP) is 4.11. The molecule has 0 radical (unpaired) electrons. The molecule has 4 nitrogen and oxygen atoms in total. The molecular formula is C20H23NO3S. The SMILES string of the molecule is CC(=O)SCC(Cc1ccccc1C)NC(=O)OCc1ccccc1. The lowest BCUT2D eigenvalue weighted by Crippen LogP contribution is -2.39. The lowest BCUT2D eigenvalue weighted by molar-refractivity contribution is -0.109. The average molecular weight is 357 g/mol. The number of hydrogen-bond donors (Lipinski definition) is 1. The third-order valence-corrected chi connectivity index (χ3v) is 4.73. The highest BCUT2D eigenvalue weighted by Gasteiger charge is 2.16. The molecule has 2 aromatic rings. The molecule has 0 aromatic heterocycles. The van der Waals surface area contributed by atoms with E-state index in [1.54, 1.807) is 0 Å². The fourth-order valence-electron chi connectivity index (χ4n) is 2.41. The van der Waals surface area contributed by atoms with E-state index in [-0.39, 0.29) is 17.8 Å². The van der Waals surface area contributed by atoms with Gasteiger partial charge in [-0.25, -0.2) is 4.79 Å². The maximum absolute atomic E-state index is 12.1. The average Bonchev–Trinajstić information content (AvgIpc) is 2.60. The third-order valence-electron chi connectivity index (χ3n) is 3.75. The molecule has 1 unspecified atom stereocenters. The molecule has 25 heavy (non-hydrogen) atoms. The molecule has 1 atom stereocenters. The van der Waals surface area contributed by atoms with Gasteiger partial charge >= 0.3 is 6.09 Å². The monoisotopic (exact) mass is 357 g/mol. The van der Waals surface area contributed by atoms with E-state index in [2.05, 4.69) is 5.32 Å². The van der Waals surface area contributed by atoms with Gasteiger partial charge in [0.1, 0.15) is 6.61 Å². The first-order valence-electron chi connectivity index (χ1n) is 8.19. The second-order valence-electron chi connectivity index (χ2n) is 5.84. The minimum atomic E-state index is -0.466. The number of ether oxygens (including phenoxy) is 1. The summed E-state index contributed by atoms with van der Waals surface area (Å²) < 4.78 is 5.29. The molecule has 0 heterocycles. The first kappa shape index (κ1) is 19.1. The van der Waals surface area contributed by atoms with E-state index < -0.39 is 6.09 Å². The van der Waals surface area contributed by atoms with Crippen molar-refractivity contribution in [1.29, 1.82) is 0 Å². The third kappa shape index (κ3) is 7.01. The summed E-state index contributed by atoms with van der Waals surface area (Å²) in [7, 11) is 0. The van der Waals surface area contributed by atoms with Crippen LogP contribution in [0.5, 0.6) is 0 Å². The maximum Gasteiger partial charge on any atom is 0.407 e. The van der Waals surface area contributed by atoms with Crippen molar-refractivity contribution in [3.63, 3.8) is 0 Å². The van der Waals surface area contributed by atoms with Crippen LogP contribution < -0.4 is 5.32 Å². The lowest BCUT2D eigenvalue weighted by Gasteiger charge is -2.19. The van der Waals surface area contributed by atoms with Crippen LogP contribution in [-0.4, -0.2) is 23.0 Å². The lowest BCUT2D eigenvalue weighted by atomic mass is 10.0. The molecule has 2 rings (SSSR count). The Labute approximate surface area is 153 Å². The van der Waals surface area contributed by atoms with Crippen molar-refractivity contribution in [1.82, 2.24) is 5.32 Å². The molecule has 0 saturated carbocycles. The zero-order chi connectivity index (χ0) is 18.1. The molecule has 1 N–H and O–H groups in total. The highest BCUT2D eigenvalue weighted by atomic mass is 32.2. The molecule has 132 valence electrons. The number of thioether (sulfide) groups is 1. The minimum absolute atomic E-state index is 0.0363. The Morgan fingerprint density at radius 2 is 1.76 bits per heavy atom. The van der Waals surface area contributed by atoms with Crippen LogP contribution in [0.1, 0.15) is 23.6 Å². The Balaban J connectivity index is 1.93. The van der Waals surface area contributed by atoms with Crippen LogP contribution in [0.2, 0.25) is 0 Å². The smallest absolute Gasteiger partial charge is 0.407 e. The van der Waals surface area contributed by atoms with E-state index in [0.29, 0.717) is 12.2 Å². The summed E-state index contributed by atoms with van der Waals surface area (Å²) in [4.78, 5) is 23.4. The van der Waals surface area contributed by atoms with Crippen molar-refractivity contribution in [3.05, 3.63) is 71.3 Å². The van der Waals surface area contributed by atoms with Gasteiger partial charge in [-0.3, -0.25) is 4.79 Å². The van der Waals surface area contributed by atoms with Gasteiger partial charge in [-0.1, -0.05) is 66.4 Å². The van der Waals surface area contributed by atoms with Crippen LogP contribution in [0.25, 0.3) is 0 Å². The van der Waals surface area contributed by atoms with Crippen LogP contribution in [0.4, 0.5) is 4.79 Å². The van der Waals surface area contributed by atoms with Crippen molar-refractivity contribution in [2.75, 3.05) is 5.75 Å². The van der Waals surface area contributed by atoms with Crippen LogP contribution in [0, 0.1) is 6.92 Å². The van der Waals surface area contributed by atoms with Crippen LogP contribution in [0.3, 0.4) is 0 Å². The van der Waals surface area contributed by atoms with E-state index >= 15 is 0 Å². The Morgan fingerprint density at radius 1 is 1.08 bits per heavy atom. The highest BCUT2D eigenvalue weighted by Crippen LogP contribution is 2.14. The Hall–Kier alpha value is -2.27. The van der Waals surface area contributed by atoms with Crippen LogP contribution >= 0.6 is 11.8 Å². The van der Waals surface area contributed by atoms with Crippen molar-refractivity contribution in [3.8, 4) is 0 Å². The topological polar surface area (TPSA) is 55.4 Å². The first-order chi connectivity index (χ1) is 12.0. The van der Waals surface area contributed by atoms with E-state index in [4.69, 9.17) is 4.74 Å². The van der Waals surface area contributed by atoms with Gasteiger partial charge in [0.05, 0.1) is 0 Å². The summed E-state index contributed by atoms with van der Waals surface area (Å²) in [5.74, 6) is 0.518. The molecule has 0 saturated heterocycles. The number of aryl methyl sites for hydroxylation is 1. The van der Waals surface area contributed by atoms with Gasteiger partial charge < -0.3 is 10.1 Å². The molecule has 0 bridgehead atoms. The van der Waals surface area contributed by atoms with Gasteiger partial charge in [0, 0.05) is 18.7 Å². The van der Waals surface area contributed by atoms with Crippen LogP contribution in [-0.2, 0) is 22.6 Å². The zero-order valence-electron chi connectivity index (χ0n) is 14.5. The maximum atomic E-state index is 12.1. The molecule has 5 heteroatoms. The number of carbonyl (C=O) groups is 2. The molecule has 0 spiro atoms. The Bertz CT molecular complexity index is 703. The van der Waals surface area contributed by atoms with E-state index in [0.717, 1.165) is 11.1 Å². The molecule has 0 fully saturated rings. The summed E-state index contributed by atoms with van der Waals surface area (Å²) in [6, 6.07) is 17.4. The molecular weight excluding hydrogens is 334 g/mol. The fourth-order valence-corrected chi connectivity index (χ4v) is 3.04. The molecule has 2 aromatic carbocycles. The summed E-state index contributed by atoms with van der Waals surface area (Å²) in [6.07, 6.45) is 0.194. The molecule has 1 amide bonds. The van der Waals surface area contributed by atoms with Crippen molar-refractivity contribution in [2.45, 2.75) is 32.9 Å². The summed E-state index contributed by atoms with van der Waals surface area (Å²) >= 11 is 1.21. The number of nitrogens with one attached hydrogen (secondary N) is 1. The molecule has 0 aliphatic rings. The largest absolute Gasteiger partial charge is 0.445 e. The van der Waals surface area contributed by atoms with Gasteiger partial charge in [-0.2, -0.15) is 0 Å². The predicted molar refractivity (Wildman–Crippen MR) is 102 cm³/mol. The van der Waals surface area contributed by atoms with Crippen molar-refractivity contribution >= 4 is 23.0 Å². The standard InChI is InChI=1S/C20H23NO3S/c1-15-8-6-7-11-18(15)12-19(14-25-16(2)22)21-20(23)24-13-17-9-4-3-5-10-17/h3-11,19H,12-14H2,1-2H3,(H,21,23). The summed E-state index contributed by atoms with van der Waals surface area (Å²) in [5, 5.41) is 2.92. The minimum Gasteiger partial charge on any atom is -0.445 e. The quantitative estimate of drug-likeness (QED) is 0.810. The van der Waals surface area contributed by atoms with Gasteiger partial charge in [-0.15, -0.1) is 0 Å². The van der Waals surface area contributed by atoms with Crippen molar-refractivity contribution in [2.24, 2.45) is 0 Å². The number of hydrogen-bond acceptors (Lipinski definition) is 4. The number of carbonyl (C=O) groups excluding carboxylic acids is 2. The fraction of sp³-hybridized carbons (Fsp3) is 0.300. The van der Waals surface area contributed by atoms with Crippen molar-refractivity contribution < 1.29 is 14.3 Å². The second kappa shape index (κ2) is 9.89. The zero-order valence-corrected chi connectivity index (χ0v) is 15.3. The van der Waals surface area contributed by atoms with E-state index in [1.807, 2.05) is 61.5 Å². The first-order valence-corrected chi connectivity index (χ1v) is 9.18. The van der Waals surface area contributed by atoms with E-state index in [9.17, 15) is 9.59 Å². The molecule has 0 aliphatic heterocycles. The number of amides is 1. The number of benzene rings is 2. The molecule has 0 aliphatic carbocycles. The van der Waals surface area contributed by atoms with Crippen LogP contribution in [0.15, 0.2) is 54.6 Å². The van der Waals surface area contributed by atoms with E-state index in [1.165, 1.54) is 24.2 Å². The summed E-state index contributed by atoms with van der Waals surface area (Å²) in [5.41, 5.74) is 3.26. The van der Waals surface area contributed by atoms with Gasteiger partial charge in [0.2, 0.25) is 0 Å². The van der Waals surface area contributed by atoms with Gasteiger partial charge in [0.25, 0.3) is 0 Å². The Kier molecular flexibility index (Phi) is 7.54.